The molecular weight excluding hydrogens is 519 g/mol. The van der Waals surface area contributed by atoms with Crippen LogP contribution in [0.3, 0.4) is 0 Å². The van der Waals surface area contributed by atoms with Crippen molar-refractivity contribution in [2.45, 2.75) is 12.5 Å². The summed E-state index contributed by atoms with van der Waals surface area (Å²) in [6, 6.07) is 15.8. The second-order valence-electron chi connectivity index (χ2n) is 8.16. The molecule has 0 saturated heterocycles. The van der Waals surface area contributed by atoms with Crippen LogP contribution in [-0.4, -0.2) is 32.2 Å². The van der Waals surface area contributed by atoms with Crippen LogP contribution in [0.5, 0.6) is 0 Å². The van der Waals surface area contributed by atoms with Crippen LogP contribution in [0.25, 0.3) is 16.6 Å². The number of amides is 1. The molecule has 1 heterocycles. The van der Waals surface area contributed by atoms with Gasteiger partial charge in [0.25, 0.3) is 11.5 Å². The van der Waals surface area contributed by atoms with Gasteiger partial charge in [-0.15, -0.1) is 0 Å². The first-order valence-electron chi connectivity index (χ1n) is 10.8. The van der Waals surface area contributed by atoms with Gasteiger partial charge < -0.3 is 10.4 Å². The lowest BCUT2D eigenvalue weighted by molar-refractivity contribution is -0.139. The average Bonchev–Trinajstić information content (AvgIpc) is 2.87. The molecule has 11 heteroatoms. The van der Waals surface area contributed by atoms with Gasteiger partial charge in [-0.3, -0.25) is 14.2 Å². The molecule has 37 heavy (non-hydrogen) atoms. The maximum Gasteiger partial charge on any atom is 0.335 e. The van der Waals surface area contributed by atoms with Gasteiger partial charge in [0.05, 0.1) is 43.8 Å². The molecule has 1 amide bonds. The van der Waals surface area contributed by atoms with Crippen molar-refractivity contribution >= 4 is 46.0 Å². The third kappa shape index (κ3) is 4.98. The smallest absolute Gasteiger partial charge is 0.335 e. The number of rotatable bonds is 6. The third-order valence-corrected chi connectivity index (χ3v) is 6.46. The van der Waals surface area contributed by atoms with Crippen molar-refractivity contribution in [3.63, 3.8) is 0 Å². The van der Waals surface area contributed by atoms with Crippen molar-refractivity contribution < 1.29 is 14.7 Å². The molecule has 0 fully saturated rings. The number of aliphatic carboxylic acids is 1. The summed E-state index contributed by atoms with van der Waals surface area (Å²) in [5.74, 6) is -2.00. The highest BCUT2D eigenvalue weighted by Crippen LogP contribution is 2.24. The fourth-order valence-corrected chi connectivity index (χ4v) is 4.49. The summed E-state index contributed by atoms with van der Waals surface area (Å²) < 4.78 is 2.28. The number of hydrogen-bond acceptors (Lipinski definition) is 5. The highest BCUT2D eigenvalue weighted by molar-refractivity contribution is 6.39. The van der Waals surface area contributed by atoms with Crippen LogP contribution in [0.1, 0.15) is 21.5 Å². The third-order valence-electron chi connectivity index (χ3n) is 5.83. The Morgan fingerprint density at radius 1 is 1.05 bits per heavy atom. The van der Waals surface area contributed by atoms with Crippen molar-refractivity contribution in [2.24, 2.45) is 7.05 Å². The second kappa shape index (κ2) is 10.3. The Balaban J connectivity index is 1.64. The Hall–Kier alpha value is -4.39. The van der Waals surface area contributed by atoms with Gasteiger partial charge in [0.1, 0.15) is 6.04 Å². The Kier molecular flexibility index (Phi) is 7.16. The summed E-state index contributed by atoms with van der Waals surface area (Å²) >= 11 is 12.1. The van der Waals surface area contributed by atoms with Gasteiger partial charge in [-0.05, 0) is 48.0 Å². The number of aromatic nitrogens is 2. The van der Waals surface area contributed by atoms with E-state index in [0.29, 0.717) is 11.1 Å². The number of carboxylic acid groups (broad SMARTS) is 1. The molecule has 0 bridgehead atoms. The summed E-state index contributed by atoms with van der Waals surface area (Å²) in [6.07, 6.45) is -0.0837. The van der Waals surface area contributed by atoms with Crippen LogP contribution in [0, 0.1) is 11.3 Å². The first-order valence-corrected chi connectivity index (χ1v) is 11.6. The molecule has 0 radical (unpaired) electrons. The summed E-state index contributed by atoms with van der Waals surface area (Å²) in [6.45, 7) is 0. The standard InChI is InChI=1S/C26H18Cl2N4O5/c1-31-21-10-7-15(13-29)11-17(21)24(34)32(26(31)37)16-8-5-14(6-9-16)12-20(25(35)36)30-23(33)22-18(27)3-2-4-19(22)28/h2-11,20H,12H2,1H3,(H,30,33)(H,35,36)/t20-/m0/s1. The maximum absolute atomic E-state index is 13.1. The normalized spacial score (nSPS) is 11.6. The quantitative estimate of drug-likeness (QED) is 0.388. The van der Waals surface area contributed by atoms with Gasteiger partial charge in [0.2, 0.25) is 0 Å². The molecule has 0 aliphatic rings. The SMILES string of the molecule is Cn1c(=O)n(-c2ccc(C[C@H](NC(=O)c3c(Cl)cccc3Cl)C(=O)O)cc2)c(=O)c2cc(C#N)ccc21. The predicted molar refractivity (Wildman–Crippen MR) is 139 cm³/mol. The number of fused-ring (bicyclic) bond motifs is 1. The lowest BCUT2D eigenvalue weighted by atomic mass is 10.0. The van der Waals surface area contributed by atoms with Gasteiger partial charge in [-0.1, -0.05) is 41.4 Å². The Labute approximate surface area is 219 Å². The molecule has 0 saturated carbocycles. The summed E-state index contributed by atoms with van der Waals surface area (Å²) in [5, 5.41) is 21.6. The van der Waals surface area contributed by atoms with Crippen molar-refractivity contribution in [1.82, 2.24) is 14.5 Å². The number of hydrogen-bond donors (Lipinski definition) is 2. The molecule has 4 rings (SSSR count). The molecule has 4 aromatic rings. The zero-order valence-electron chi connectivity index (χ0n) is 19.2. The number of carboxylic acids is 1. The van der Waals surface area contributed by atoms with E-state index in [2.05, 4.69) is 5.32 Å². The van der Waals surface area contributed by atoms with Gasteiger partial charge in [-0.25, -0.2) is 14.2 Å². The van der Waals surface area contributed by atoms with Crippen LogP contribution in [0.4, 0.5) is 0 Å². The molecule has 1 atom stereocenters. The lowest BCUT2D eigenvalue weighted by Crippen LogP contribution is -2.42. The average molecular weight is 537 g/mol. The van der Waals surface area contributed by atoms with Crippen molar-refractivity contribution in [2.75, 3.05) is 0 Å². The molecular formula is C26H18Cl2N4O5. The predicted octanol–water partition coefficient (Wildman–Crippen LogP) is 3.29. The van der Waals surface area contributed by atoms with Gasteiger partial charge in [-0.2, -0.15) is 5.26 Å². The van der Waals surface area contributed by atoms with Crippen molar-refractivity contribution in [3.8, 4) is 11.8 Å². The number of carbonyl (C=O) groups excluding carboxylic acids is 1. The minimum atomic E-state index is -1.30. The number of halogens is 2. The molecule has 0 spiro atoms. The monoisotopic (exact) mass is 536 g/mol. The minimum Gasteiger partial charge on any atom is -0.480 e. The summed E-state index contributed by atoms with van der Waals surface area (Å²) in [4.78, 5) is 50.6. The fourth-order valence-electron chi connectivity index (χ4n) is 3.92. The molecule has 0 aliphatic heterocycles. The van der Waals surface area contributed by atoms with Crippen LogP contribution < -0.4 is 16.6 Å². The van der Waals surface area contributed by atoms with E-state index in [9.17, 15) is 29.5 Å². The van der Waals surface area contributed by atoms with E-state index in [1.165, 1.54) is 48.0 Å². The Bertz CT molecular complexity index is 1700. The van der Waals surface area contributed by atoms with E-state index < -0.39 is 29.2 Å². The van der Waals surface area contributed by atoms with Crippen molar-refractivity contribution in [1.29, 1.82) is 5.26 Å². The first kappa shape index (κ1) is 25.7. The minimum absolute atomic E-state index is 0.0292. The van der Waals surface area contributed by atoms with Gasteiger partial charge in [0.15, 0.2) is 0 Å². The molecule has 9 nitrogen and oxygen atoms in total. The van der Waals surface area contributed by atoms with Crippen LogP contribution in [0.2, 0.25) is 10.0 Å². The molecule has 186 valence electrons. The molecule has 2 N–H and O–H groups in total. The first-order chi connectivity index (χ1) is 17.6. The Morgan fingerprint density at radius 3 is 2.30 bits per heavy atom. The number of nitrogens with zero attached hydrogens (tertiary/aromatic N) is 3. The van der Waals surface area contributed by atoms with E-state index in [1.807, 2.05) is 6.07 Å². The highest BCUT2D eigenvalue weighted by atomic mass is 35.5. The number of nitriles is 1. The molecule has 0 aliphatic carbocycles. The number of benzene rings is 3. The summed E-state index contributed by atoms with van der Waals surface area (Å²) in [5.41, 5.74) is 0.262. The van der Waals surface area contributed by atoms with Crippen molar-refractivity contribution in [3.05, 3.63) is 108 Å². The van der Waals surface area contributed by atoms with E-state index in [4.69, 9.17) is 23.2 Å². The molecule has 3 aromatic carbocycles. The largest absolute Gasteiger partial charge is 0.480 e. The number of aryl methyl sites for hydroxylation is 1. The lowest BCUT2D eigenvalue weighted by Gasteiger charge is -2.16. The zero-order chi connectivity index (χ0) is 26.9. The van der Waals surface area contributed by atoms with E-state index in [1.54, 1.807) is 24.3 Å². The Morgan fingerprint density at radius 2 is 1.70 bits per heavy atom. The van der Waals surface area contributed by atoms with Crippen LogP contribution >= 0.6 is 23.2 Å². The fraction of sp³-hybridized carbons (Fsp3) is 0.115. The zero-order valence-corrected chi connectivity index (χ0v) is 20.7. The van der Waals surface area contributed by atoms with Gasteiger partial charge in [0, 0.05) is 13.5 Å². The number of nitrogens with one attached hydrogen (secondary N) is 1. The molecule has 0 unspecified atom stereocenters. The maximum atomic E-state index is 13.1. The highest BCUT2D eigenvalue weighted by Gasteiger charge is 2.24. The number of carbonyl (C=O) groups is 2. The van der Waals surface area contributed by atoms with E-state index in [0.717, 1.165) is 4.57 Å². The van der Waals surface area contributed by atoms with E-state index in [-0.39, 0.29) is 38.7 Å². The van der Waals surface area contributed by atoms with Crippen LogP contribution in [-0.2, 0) is 18.3 Å². The van der Waals surface area contributed by atoms with E-state index >= 15 is 0 Å². The topological polar surface area (TPSA) is 134 Å². The van der Waals surface area contributed by atoms with Crippen LogP contribution in [0.15, 0.2) is 70.3 Å². The summed E-state index contributed by atoms with van der Waals surface area (Å²) in [7, 11) is 1.52. The molecule has 1 aromatic heterocycles. The van der Waals surface area contributed by atoms with Gasteiger partial charge >= 0.3 is 11.7 Å². The second-order valence-corrected chi connectivity index (χ2v) is 8.97.